The molecule has 2 saturated carbocycles. The molecule has 2 unspecified atom stereocenters. The highest BCUT2D eigenvalue weighted by atomic mass is 16.5. The van der Waals surface area contributed by atoms with E-state index < -0.39 is 0 Å². The molecule has 3 fully saturated rings. The molecule has 1 aliphatic heterocycles. The molecule has 1 aromatic rings. The maximum atomic E-state index is 5.81. The Morgan fingerprint density at radius 3 is 2.76 bits per heavy atom. The van der Waals surface area contributed by atoms with E-state index in [9.17, 15) is 0 Å². The lowest BCUT2D eigenvalue weighted by molar-refractivity contribution is 0.108. The van der Waals surface area contributed by atoms with Crippen molar-refractivity contribution in [3.8, 4) is 0 Å². The third kappa shape index (κ3) is 1.84. The van der Waals surface area contributed by atoms with Crippen molar-refractivity contribution in [3.63, 3.8) is 0 Å². The fourth-order valence-corrected chi connectivity index (χ4v) is 3.17. The summed E-state index contributed by atoms with van der Waals surface area (Å²) in [4.78, 5) is 2.42. The minimum Gasteiger partial charge on any atom is -0.381 e. The fraction of sp³-hybridized carbons (Fsp3) is 0.769. The van der Waals surface area contributed by atoms with Gasteiger partial charge in [0.15, 0.2) is 0 Å². The van der Waals surface area contributed by atoms with Crippen LogP contribution in [0.1, 0.15) is 12.8 Å². The van der Waals surface area contributed by atoms with Gasteiger partial charge in [0.2, 0.25) is 0 Å². The van der Waals surface area contributed by atoms with Crippen LogP contribution in [0.5, 0.6) is 0 Å². The van der Waals surface area contributed by atoms with Crippen LogP contribution in [0.25, 0.3) is 0 Å². The number of H-pyrrole nitrogens is 1. The highest BCUT2D eigenvalue weighted by Crippen LogP contribution is 2.52. The second kappa shape index (κ2) is 3.73. The lowest BCUT2D eigenvalue weighted by atomic mass is 10.3. The van der Waals surface area contributed by atoms with Gasteiger partial charge in [-0.05, 0) is 36.5 Å². The summed E-state index contributed by atoms with van der Waals surface area (Å²) in [7, 11) is 0. The largest absolute Gasteiger partial charge is 0.381 e. The standard InChI is InChI=1S/C13H19N3O/c1-2-9(1)7-17-8-12-10-5-16(6-11(10)12)13-3-4-14-15-13/h3-4,9-12H,1-2,5-8H2,(H,14,15). The molecule has 2 aliphatic carbocycles. The number of nitrogens with one attached hydrogen (secondary N) is 1. The first-order valence-corrected chi connectivity index (χ1v) is 6.74. The molecule has 0 aromatic carbocycles. The van der Waals surface area contributed by atoms with E-state index in [1.165, 1.54) is 31.7 Å². The van der Waals surface area contributed by atoms with Crippen LogP contribution in [0.15, 0.2) is 12.3 Å². The molecule has 4 heteroatoms. The summed E-state index contributed by atoms with van der Waals surface area (Å²) in [6, 6.07) is 2.06. The Labute approximate surface area is 101 Å². The van der Waals surface area contributed by atoms with Crippen molar-refractivity contribution in [2.75, 3.05) is 31.2 Å². The molecule has 4 nitrogen and oxygen atoms in total. The number of aromatic amines is 1. The van der Waals surface area contributed by atoms with Gasteiger partial charge in [-0.15, -0.1) is 0 Å². The number of piperidine rings is 1. The average molecular weight is 233 g/mol. The zero-order chi connectivity index (χ0) is 11.2. The van der Waals surface area contributed by atoms with E-state index in [1.807, 2.05) is 6.20 Å². The quantitative estimate of drug-likeness (QED) is 0.838. The molecule has 2 atom stereocenters. The number of ether oxygens (including phenoxy) is 1. The van der Waals surface area contributed by atoms with Gasteiger partial charge in [0.1, 0.15) is 5.82 Å². The van der Waals surface area contributed by atoms with Crippen LogP contribution in [-0.4, -0.2) is 36.5 Å². The summed E-state index contributed by atoms with van der Waals surface area (Å²) in [5.74, 6) is 4.66. The summed E-state index contributed by atoms with van der Waals surface area (Å²) in [6.45, 7) is 4.39. The van der Waals surface area contributed by atoms with Crippen LogP contribution in [0, 0.1) is 23.7 Å². The van der Waals surface area contributed by atoms with E-state index in [1.54, 1.807) is 0 Å². The van der Waals surface area contributed by atoms with Crippen molar-refractivity contribution in [2.24, 2.45) is 23.7 Å². The van der Waals surface area contributed by atoms with E-state index in [2.05, 4.69) is 21.2 Å². The molecule has 0 spiro atoms. The number of hydrogen-bond acceptors (Lipinski definition) is 3. The lowest BCUT2D eigenvalue weighted by Crippen LogP contribution is -2.25. The van der Waals surface area contributed by atoms with Crippen molar-refractivity contribution in [2.45, 2.75) is 12.8 Å². The Bertz CT molecular complexity index is 375. The van der Waals surface area contributed by atoms with Gasteiger partial charge < -0.3 is 9.64 Å². The molecule has 17 heavy (non-hydrogen) atoms. The monoisotopic (exact) mass is 233 g/mol. The number of fused-ring (bicyclic) bond motifs is 1. The van der Waals surface area contributed by atoms with E-state index in [0.29, 0.717) is 0 Å². The van der Waals surface area contributed by atoms with Gasteiger partial charge in [0, 0.05) is 25.8 Å². The van der Waals surface area contributed by atoms with E-state index in [-0.39, 0.29) is 0 Å². The summed E-state index contributed by atoms with van der Waals surface area (Å²) < 4.78 is 5.81. The number of rotatable bonds is 5. The van der Waals surface area contributed by atoms with Crippen molar-refractivity contribution in [1.29, 1.82) is 0 Å². The van der Waals surface area contributed by atoms with Crippen molar-refractivity contribution in [3.05, 3.63) is 12.3 Å². The lowest BCUT2D eigenvalue weighted by Gasteiger charge is -2.19. The van der Waals surface area contributed by atoms with Gasteiger partial charge in [-0.2, -0.15) is 5.10 Å². The van der Waals surface area contributed by atoms with Gasteiger partial charge in [-0.25, -0.2) is 0 Å². The molecule has 2 heterocycles. The Balaban J connectivity index is 1.24. The third-order valence-corrected chi connectivity index (χ3v) is 4.56. The smallest absolute Gasteiger partial charge is 0.123 e. The molecule has 92 valence electrons. The van der Waals surface area contributed by atoms with Gasteiger partial charge in [-0.3, -0.25) is 5.10 Å². The molecule has 4 rings (SSSR count). The fourth-order valence-electron chi connectivity index (χ4n) is 3.17. The average Bonchev–Trinajstić information content (AvgIpc) is 3.12. The summed E-state index contributed by atoms with van der Waals surface area (Å²) in [5.41, 5.74) is 0. The Morgan fingerprint density at radius 1 is 1.29 bits per heavy atom. The maximum Gasteiger partial charge on any atom is 0.123 e. The predicted molar refractivity (Wildman–Crippen MR) is 64.8 cm³/mol. The Hall–Kier alpha value is -1.03. The van der Waals surface area contributed by atoms with Crippen molar-refractivity contribution in [1.82, 2.24) is 10.2 Å². The molecular formula is C13H19N3O. The highest BCUT2D eigenvalue weighted by Gasteiger charge is 2.55. The molecule has 0 bridgehead atoms. The third-order valence-electron chi connectivity index (χ3n) is 4.56. The minimum absolute atomic E-state index is 0.841. The molecule has 1 saturated heterocycles. The zero-order valence-electron chi connectivity index (χ0n) is 10.0. The molecule has 0 radical (unpaired) electrons. The number of aromatic nitrogens is 2. The van der Waals surface area contributed by atoms with Crippen LogP contribution < -0.4 is 4.90 Å². The molecular weight excluding hydrogens is 214 g/mol. The topological polar surface area (TPSA) is 41.1 Å². The zero-order valence-corrected chi connectivity index (χ0v) is 10.0. The Morgan fingerprint density at radius 2 is 2.12 bits per heavy atom. The molecule has 1 N–H and O–H groups in total. The van der Waals surface area contributed by atoms with Gasteiger partial charge in [0.25, 0.3) is 0 Å². The molecule has 3 aliphatic rings. The second-order valence-corrected chi connectivity index (χ2v) is 5.82. The maximum absolute atomic E-state index is 5.81. The second-order valence-electron chi connectivity index (χ2n) is 5.82. The number of anilines is 1. The molecule has 0 amide bonds. The van der Waals surface area contributed by atoms with E-state index >= 15 is 0 Å². The Kier molecular flexibility index (Phi) is 2.18. The predicted octanol–water partition coefficient (Wildman–Crippen LogP) is 1.52. The highest BCUT2D eigenvalue weighted by molar-refractivity contribution is 5.40. The summed E-state index contributed by atoms with van der Waals surface area (Å²) in [5, 5.41) is 7.06. The van der Waals surface area contributed by atoms with E-state index in [0.717, 1.165) is 36.9 Å². The summed E-state index contributed by atoms with van der Waals surface area (Å²) >= 11 is 0. The normalized spacial score (nSPS) is 35.1. The first-order valence-electron chi connectivity index (χ1n) is 6.74. The first-order chi connectivity index (χ1) is 8.42. The number of hydrogen-bond donors (Lipinski definition) is 1. The van der Waals surface area contributed by atoms with Crippen LogP contribution in [0.4, 0.5) is 5.82 Å². The SMILES string of the molecule is c1cc(N2CC3C(COCC4CC4)C3C2)[nH]n1. The van der Waals surface area contributed by atoms with Gasteiger partial charge in [-0.1, -0.05) is 0 Å². The summed E-state index contributed by atoms with van der Waals surface area (Å²) in [6.07, 6.45) is 4.62. The van der Waals surface area contributed by atoms with Gasteiger partial charge in [0.05, 0.1) is 12.8 Å². The molecule has 1 aromatic heterocycles. The van der Waals surface area contributed by atoms with Crippen molar-refractivity contribution >= 4 is 5.82 Å². The number of nitrogens with zero attached hydrogens (tertiary/aromatic N) is 2. The first kappa shape index (κ1) is 9.95. The minimum atomic E-state index is 0.841. The van der Waals surface area contributed by atoms with Crippen LogP contribution >= 0.6 is 0 Å². The van der Waals surface area contributed by atoms with Crippen LogP contribution in [0.3, 0.4) is 0 Å². The van der Waals surface area contributed by atoms with Crippen molar-refractivity contribution < 1.29 is 4.74 Å². The van der Waals surface area contributed by atoms with Crippen LogP contribution in [0.2, 0.25) is 0 Å². The van der Waals surface area contributed by atoms with Gasteiger partial charge >= 0.3 is 0 Å². The van der Waals surface area contributed by atoms with Crippen LogP contribution in [-0.2, 0) is 4.74 Å². The van der Waals surface area contributed by atoms with E-state index in [4.69, 9.17) is 4.74 Å².